The summed E-state index contributed by atoms with van der Waals surface area (Å²) in [6, 6.07) is 10.4. The summed E-state index contributed by atoms with van der Waals surface area (Å²) in [6.07, 6.45) is 3.28. The molecule has 0 radical (unpaired) electrons. The Morgan fingerprint density at radius 1 is 1.28 bits per heavy atom. The molecule has 3 heteroatoms. The van der Waals surface area contributed by atoms with Gasteiger partial charge in [-0.05, 0) is 42.9 Å². The van der Waals surface area contributed by atoms with Crippen LogP contribution in [0.1, 0.15) is 29.8 Å². The molecule has 0 saturated heterocycles. The lowest BCUT2D eigenvalue weighted by Crippen LogP contribution is -2.17. The molecule has 0 saturated carbocycles. The SMILES string of the molecule is CCn1nccc1C(O)C1Cc2ccccc2C1. The van der Waals surface area contributed by atoms with E-state index in [4.69, 9.17) is 0 Å². The van der Waals surface area contributed by atoms with Crippen LogP contribution in [0.25, 0.3) is 0 Å². The first kappa shape index (κ1) is 11.5. The number of aromatic nitrogens is 2. The minimum Gasteiger partial charge on any atom is -0.387 e. The molecule has 3 rings (SSSR count). The van der Waals surface area contributed by atoms with Crippen molar-refractivity contribution >= 4 is 0 Å². The highest BCUT2D eigenvalue weighted by Gasteiger charge is 2.29. The number of fused-ring (bicyclic) bond motifs is 1. The van der Waals surface area contributed by atoms with Gasteiger partial charge in [0.05, 0.1) is 11.8 Å². The van der Waals surface area contributed by atoms with E-state index < -0.39 is 6.10 Å². The van der Waals surface area contributed by atoms with Gasteiger partial charge in [-0.2, -0.15) is 5.10 Å². The second-order valence-electron chi connectivity index (χ2n) is 4.95. The minimum absolute atomic E-state index is 0.282. The first-order valence-corrected chi connectivity index (χ1v) is 6.56. The highest BCUT2D eigenvalue weighted by molar-refractivity contribution is 5.33. The Morgan fingerprint density at radius 3 is 2.56 bits per heavy atom. The van der Waals surface area contributed by atoms with E-state index in [1.54, 1.807) is 6.20 Å². The van der Waals surface area contributed by atoms with Crippen LogP contribution in [0, 0.1) is 5.92 Å². The maximum Gasteiger partial charge on any atom is 0.0991 e. The third-order valence-corrected chi connectivity index (χ3v) is 3.88. The Kier molecular flexibility index (Phi) is 2.92. The molecular formula is C15H18N2O. The van der Waals surface area contributed by atoms with Gasteiger partial charge in [-0.1, -0.05) is 24.3 Å². The first-order valence-electron chi connectivity index (χ1n) is 6.56. The predicted molar refractivity (Wildman–Crippen MR) is 70.2 cm³/mol. The molecule has 1 unspecified atom stereocenters. The first-order chi connectivity index (χ1) is 8.79. The van der Waals surface area contributed by atoms with Crippen molar-refractivity contribution in [3.05, 3.63) is 53.3 Å². The summed E-state index contributed by atoms with van der Waals surface area (Å²) in [7, 11) is 0. The Labute approximate surface area is 107 Å². The molecule has 0 bridgehead atoms. The number of hydrogen-bond acceptors (Lipinski definition) is 2. The fraction of sp³-hybridized carbons (Fsp3) is 0.400. The summed E-state index contributed by atoms with van der Waals surface area (Å²) >= 11 is 0. The van der Waals surface area contributed by atoms with E-state index in [-0.39, 0.29) is 5.92 Å². The zero-order chi connectivity index (χ0) is 12.5. The Morgan fingerprint density at radius 2 is 1.94 bits per heavy atom. The maximum atomic E-state index is 10.5. The van der Waals surface area contributed by atoms with Crippen molar-refractivity contribution in [3.63, 3.8) is 0 Å². The zero-order valence-electron chi connectivity index (χ0n) is 10.6. The predicted octanol–water partition coefficient (Wildman–Crippen LogP) is 2.35. The van der Waals surface area contributed by atoms with Crippen molar-refractivity contribution in [2.24, 2.45) is 5.92 Å². The minimum atomic E-state index is -0.417. The molecule has 2 aromatic rings. The Hall–Kier alpha value is -1.61. The molecule has 1 aromatic carbocycles. The van der Waals surface area contributed by atoms with Crippen molar-refractivity contribution in [3.8, 4) is 0 Å². The lowest BCUT2D eigenvalue weighted by Gasteiger charge is -2.18. The van der Waals surface area contributed by atoms with E-state index in [1.807, 2.05) is 17.7 Å². The van der Waals surface area contributed by atoms with Crippen LogP contribution in [-0.2, 0) is 19.4 Å². The summed E-state index contributed by atoms with van der Waals surface area (Å²) < 4.78 is 1.88. The second-order valence-corrected chi connectivity index (χ2v) is 4.95. The second kappa shape index (κ2) is 4.58. The molecule has 1 aliphatic rings. The van der Waals surface area contributed by atoms with Gasteiger partial charge in [0, 0.05) is 12.7 Å². The number of aliphatic hydroxyl groups excluding tert-OH is 1. The highest BCUT2D eigenvalue weighted by atomic mass is 16.3. The van der Waals surface area contributed by atoms with Crippen LogP contribution in [0.2, 0.25) is 0 Å². The monoisotopic (exact) mass is 242 g/mol. The van der Waals surface area contributed by atoms with Crippen LogP contribution < -0.4 is 0 Å². The molecule has 1 aromatic heterocycles. The number of benzene rings is 1. The molecule has 94 valence electrons. The Bertz CT molecular complexity index is 522. The molecule has 0 spiro atoms. The zero-order valence-corrected chi connectivity index (χ0v) is 10.6. The van der Waals surface area contributed by atoms with Crippen LogP contribution in [0.3, 0.4) is 0 Å². The van der Waals surface area contributed by atoms with Gasteiger partial charge in [0.2, 0.25) is 0 Å². The van der Waals surface area contributed by atoms with Crippen molar-refractivity contribution in [2.45, 2.75) is 32.4 Å². The molecule has 1 atom stereocenters. The standard InChI is InChI=1S/C15H18N2O/c1-2-17-14(7-8-16-17)15(18)13-9-11-5-3-4-6-12(11)10-13/h3-8,13,15,18H,2,9-10H2,1H3. The van der Waals surface area contributed by atoms with Gasteiger partial charge < -0.3 is 5.11 Å². The van der Waals surface area contributed by atoms with E-state index in [2.05, 4.69) is 29.4 Å². The van der Waals surface area contributed by atoms with Crippen molar-refractivity contribution in [2.75, 3.05) is 0 Å². The smallest absolute Gasteiger partial charge is 0.0991 e. The number of aryl methyl sites for hydroxylation is 1. The highest BCUT2D eigenvalue weighted by Crippen LogP contribution is 2.34. The fourth-order valence-electron chi connectivity index (χ4n) is 2.92. The van der Waals surface area contributed by atoms with E-state index in [1.165, 1.54) is 11.1 Å². The quantitative estimate of drug-likeness (QED) is 0.897. The van der Waals surface area contributed by atoms with E-state index in [0.717, 1.165) is 25.1 Å². The lowest BCUT2D eigenvalue weighted by atomic mass is 9.96. The molecule has 0 fully saturated rings. The fourth-order valence-corrected chi connectivity index (χ4v) is 2.92. The third kappa shape index (κ3) is 1.85. The summed E-state index contributed by atoms with van der Waals surface area (Å²) in [5.74, 6) is 0.282. The molecule has 1 aliphatic carbocycles. The summed E-state index contributed by atoms with van der Waals surface area (Å²) in [6.45, 7) is 2.85. The van der Waals surface area contributed by atoms with Crippen molar-refractivity contribution < 1.29 is 5.11 Å². The van der Waals surface area contributed by atoms with Crippen LogP contribution in [0.5, 0.6) is 0 Å². The van der Waals surface area contributed by atoms with E-state index in [9.17, 15) is 5.11 Å². The molecule has 0 amide bonds. The van der Waals surface area contributed by atoms with Gasteiger partial charge >= 0.3 is 0 Å². The van der Waals surface area contributed by atoms with Crippen molar-refractivity contribution in [1.29, 1.82) is 0 Å². The molecule has 18 heavy (non-hydrogen) atoms. The van der Waals surface area contributed by atoms with Crippen LogP contribution in [0.15, 0.2) is 36.5 Å². The maximum absolute atomic E-state index is 10.5. The Balaban J connectivity index is 1.82. The van der Waals surface area contributed by atoms with Crippen LogP contribution >= 0.6 is 0 Å². The topological polar surface area (TPSA) is 38.0 Å². The van der Waals surface area contributed by atoms with Crippen LogP contribution in [-0.4, -0.2) is 14.9 Å². The molecule has 3 nitrogen and oxygen atoms in total. The normalized spacial score (nSPS) is 16.8. The van der Waals surface area contributed by atoms with Gasteiger partial charge in [-0.3, -0.25) is 4.68 Å². The summed E-state index contributed by atoms with van der Waals surface area (Å²) in [5, 5.41) is 14.8. The average Bonchev–Trinajstić information content (AvgIpc) is 3.03. The van der Waals surface area contributed by atoms with E-state index in [0.29, 0.717) is 0 Å². The molecule has 1 N–H and O–H groups in total. The van der Waals surface area contributed by atoms with Gasteiger partial charge in [0.1, 0.15) is 0 Å². The van der Waals surface area contributed by atoms with Crippen molar-refractivity contribution in [1.82, 2.24) is 9.78 Å². The number of aliphatic hydroxyl groups is 1. The van der Waals surface area contributed by atoms with Gasteiger partial charge in [0.15, 0.2) is 0 Å². The van der Waals surface area contributed by atoms with Gasteiger partial charge in [0.25, 0.3) is 0 Å². The summed E-state index contributed by atoms with van der Waals surface area (Å²) in [4.78, 5) is 0. The third-order valence-electron chi connectivity index (χ3n) is 3.88. The van der Waals surface area contributed by atoms with Gasteiger partial charge in [-0.15, -0.1) is 0 Å². The average molecular weight is 242 g/mol. The van der Waals surface area contributed by atoms with Gasteiger partial charge in [-0.25, -0.2) is 0 Å². The van der Waals surface area contributed by atoms with Crippen LogP contribution in [0.4, 0.5) is 0 Å². The molecule has 0 aliphatic heterocycles. The lowest BCUT2D eigenvalue weighted by molar-refractivity contribution is 0.104. The van der Waals surface area contributed by atoms with E-state index >= 15 is 0 Å². The number of nitrogens with zero attached hydrogens (tertiary/aromatic N) is 2. The molecule has 1 heterocycles. The largest absolute Gasteiger partial charge is 0.387 e. The summed E-state index contributed by atoms with van der Waals surface area (Å²) in [5.41, 5.74) is 3.70. The number of rotatable bonds is 3. The molecular weight excluding hydrogens is 224 g/mol. The number of hydrogen-bond donors (Lipinski definition) is 1.